The Balaban J connectivity index is 1.24. The van der Waals surface area contributed by atoms with E-state index in [-0.39, 0.29) is 18.6 Å². The summed E-state index contributed by atoms with van der Waals surface area (Å²) in [7, 11) is 1.26. The summed E-state index contributed by atoms with van der Waals surface area (Å²) in [4.78, 5) is 33.2. The number of hydrogen-bond acceptors (Lipinski definition) is 8. The van der Waals surface area contributed by atoms with Gasteiger partial charge in [-0.3, -0.25) is 9.78 Å². The van der Waals surface area contributed by atoms with E-state index in [0.717, 1.165) is 55.9 Å². The monoisotopic (exact) mass is 644 g/mol. The minimum atomic E-state index is -0.967. The van der Waals surface area contributed by atoms with Gasteiger partial charge in [-0.05, 0) is 77.9 Å². The first-order valence-corrected chi connectivity index (χ1v) is 16.3. The Morgan fingerprint density at radius 2 is 1.82 bits per heavy atom. The number of halogens is 1. The van der Waals surface area contributed by atoms with Crippen molar-refractivity contribution < 1.29 is 19.1 Å². The Bertz CT molecular complexity index is 1570. The molecule has 0 spiro atoms. The number of nitrogens with two attached hydrogens (primary N) is 1. The summed E-state index contributed by atoms with van der Waals surface area (Å²) < 4.78 is 11.5. The summed E-state index contributed by atoms with van der Waals surface area (Å²) in [5, 5.41) is 4.20. The molecule has 8 nitrogen and oxygen atoms in total. The fourth-order valence-corrected chi connectivity index (χ4v) is 6.36. The first-order valence-electron chi connectivity index (χ1n) is 14.9. The molecule has 3 atom stereocenters. The molecule has 2 amide bonds. The highest BCUT2D eigenvalue weighted by molar-refractivity contribution is 7.99. The lowest BCUT2D eigenvalue weighted by atomic mass is 9.99. The Kier molecular flexibility index (Phi) is 11.6. The van der Waals surface area contributed by atoms with Gasteiger partial charge in [0.25, 0.3) is 5.91 Å². The number of amides is 2. The molecule has 0 bridgehead atoms. The third-order valence-corrected chi connectivity index (χ3v) is 9.01. The molecular weight excluding hydrogens is 608 g/mol. The Hall–Kier alpha value is -3.73. The highest BCUT2D eigenvalue weighted by Crippen LogP contribution is 2.27. The first-order chi connectivity index (χ1) is 21.9. The predicted molar refractivity (Wildman–Crippen MR) is 180 cm³/mol. The van der Waals surface area contributed by atoms with Crippen LogP contribution in [0.25, 0.3) is 11.1 Å². The van der Waals surface area contributed by atoms with E-state index >= 15 is 0 Å². The van der Waals surface area contributed by atoms with Gasteiger partial charge >= 0.3 is 6.09 Å². The molecule has 3 N–H and O–H groups in total. The molecule has 10 heteroatoms. The maximum Gasteiger partial charge on any atom is 0.420 e. The number of aryl methyl sites for hydroxylation is 1. The third-order valence-electron chi connectivity index (χ3n) is 7.62. The van der Waals surface area contributed by atoms with Crippen LogP contribution in [-0.4, -0.2) is 61.2 Å². The summed E-state index contributed by atoms with van der Waals surface area (Å²) >= 11 is 7.75. The Labute approximate surface area is 273 Å². The van der Waals surface area contributed by atoms with Crippen molar-refractivity contribution >= 4 is 41.1 Å². The summed E-state index contributed by atoms with van der Waals surface area (Å²) in [6, 6.07) is 25.9. The third kappa shape index (κ3) is 8.93. The molecule has 0 radical (unpaired) electrons. The van der Waals surface area contributed by atoms with Crippen molar-refractivity contribution in [1.29, 1.82) is 0 Å². The number of thioether (sulfide) groups is 1. The smallest absolute Gasteiger partial charge is 0.420 e. The number of ether oxygens (including phenoxy) is 2. The Morgan fingerprint density at radius 3 is 2.60 bits per heavy atom. The molecule has 5 rings (SSSR count). The average Bonchev–Trinajstić information content (AvgIpc) is 3.08. The van der Waals surface area contributed by atoms with Gasteiger partial charge in [0.1, 0.15) is 0 Å². The second-order valence-electron chi connectivity index (χ2n) is 10.9. The molecular formula is C35H37ClN4O4S. The summed E-state index contributed by atoms with van der Waals surface area (Å²) in [5.41, 5.74) is 10.6. The maximum absolute atomic E-state index is 13.8. The van der Waals surface area contributed by atoms with Crippen molar-refractivity contribution in [3.05, 3.63) is 113 Å². The van der Waals surface area contributed by atoms with E-state index in [2.05, 4.69) is 10.3 Å². The number of hydrogen-bond donors (Lipinski definition) is 2. The summed E-state index contributed by atoms with van der Waals surface area (Å²) in [5.74, 6) is 0.283. The van der Waals surface area contributed by atoms with Crippen molar-refractivity contribution in [2.75, 3.05) is 30.9 Å². The zero-order chi connectivity index (χ0) is 31.6. The van der Waals surface area contributed by atoms with Gasteiger partial charge in [-0.15, -0.1) is 11.8 Å². The van der Waals surface area contributed by atoms with Gasteiger partial charge in [-0.2, -0.15) is 0 Å². The zero-order valence-electron chi connectivity index (χ0n) is 25.1. The minimum absolute atomic E-state index is 0.0146. The van der Waals surface area contributed by atoms with Crippen LogP contribution in [0.3, 0.4) is 0 Å². The molecule has 1 aliphatic rings. The normalized spacial score (nSPS) is 17.0. The van der Waals surface area contributed by atoms with E-state index in [1.807, 2.05) is 72.8 Å². The molecule has 1 fully saturated rings. The number of anilines is 1. The Morgan fingerprint density at radius 1 is 1.04 bits per heavy atom. The molecule has 2 heterocycles. The van der Waals surface area contributed by atoms with E-state index < -0.39 is 18.0 Å². The van der Waals surface area contributed by atoms with Crippen molar-refractivity contribution in [2.24, 2.45) is 5.73 Å². The van der Waals surface area contributed by atoms with Crippen molar-refractivity contribution in [2.45, 2.75) is 42.4 Å². The summed E-state index contributed by atoms with van der Waals surface area (Å²) in [6.45, 7) is 1.51. The van der Waals surface area contributed by atoms with E-state index in [1.54, 1.807) is 36.3 Å². The number of benzene rings is 3. The van der Waals surface area contributed by atoms with Crippen LogP contribution in [0.4, 0.5) is 10.5 Å². The topological polar surface area (TPSA) is 107 Å². The SMILES string of the molecule is COC(=O)N(C(=O)[C@@H](N)Cc1cccc(-c2cccnc2)c1)c1ccccc1CC[C@@H]1CNC[C@@H](CSc2ccc(Cl)cc2)O1. The largest absolute Gasteiger partial charge is 0.452 e. The number of carbonyl (C=O) groups excluding carboxylic acids is 2. The zero-order valence-corrected chi connectivity index (χ0v) is 26.7. The molecule has 0 saturated carbocycles. The predicted octanol–water partition coefficient (Wildman–Crippen LogP) is 6.15. The van der Waals surface area contributed by atoms with Gasteiger partial charge in [-0.1, -0.05) is 60.1 Å². The van der Waals surface area contributed by atoms with Crippen LogP contribution in [0.5, 0.6) is 0 Å². The molecule has 0 aliphatic carbocycles. The van der Waals surface area contributed by atoms with Crippen LogP contribution >= 0.6 is 23.4 Å². The van der Waals surface area contributed by atoms with E-state index in [4.69, 9.17) is 26.8 Å². The van der Waals surface area contributed by atoms with E-state index in [0.29, 0.717) is 18.5 Å². The lowest BCUT2D eigenvalue weighted by Gasteiger charge is -2.31. The molecule has 3 aromatic carbocycles. The lowest BCUT2D eigenvalue weighted by molar-refractivity contribution is -0.119. The lowest BCUT2D eigenvalue weighted by Crippen LogP contribution is -2.48. The minimum Gasteiger partial charge on any atom is -0.452 e. The van der Waals surface area contributed by atoms with Gasteiger partial charge in [-0.25, -0.2) is 9.69 Å². The number of carbonyl (C=O) groups is 2. The summed E-state index contributed by atoms with van der Waals surface area (Å²) in [6.07, 6.45) is 4.34. The quantitative estimate of drug-likeness (QED) is 0.187. The fourth-order valence-electron chi connectivity index (χ4n) is 5.34. The highest BCUT2D eigenvalue weighted by atomic mass is 35.5. The molecule has 1 aliphatic heterocycles. The number of pyridine rings is 1. The van der Waals surface area contributed by atoms with Crippen LogP contribution in [0.1, 0.15) is 17.5 Å². The van der Waals surface area contributed by atoms with Crippen LogP contribution in [-0.2, 0) is 27.1 Å². The van der Waals surface area contributed by atoms with Crippen LogP contribution in [0.15, 0.2) is 102 Å². The van der Waals surface area contributed by atoms with E-state index in [1.165, 1.54) is 7.11 Å². The molecule has 234 valence electrons. The average molecular weight is 645 g/mol. The standard InChI is InChI=1S/C35H37ClN4O4S/c1-43-35(42)40(34(41)32(37)19-24-6-4-8-26(18-24)27-9-5-17-38-20-27)33-10-3-2-7-25(33)11-14-29-21-39-22-30(44-29)23-45-31-15-12-28(36)13-16-31/h2-10,12-13,15-18,20,29-30,32,39H,11,14,19,21-23,37H2,1H3/t29-,30+,32+/m1/s1. The van der Waals surface area contributed by atoms with E-state index in [9.17, 15) is 9.59 Å². The second kappa shape index (κ2) is 16.0. The van der Waals surface area contributed by atoms with Crippen LogP contribution < -0.4 is 16.0 Å². The number of rotatable bonds is 11. The second-order valence-corrected chi connectivity index (χ2v) is 12.4. The number of morpholine rings is 1. The molecule has 1 aromatic heterocycles. The van der Waals surface area contributed by atoms with Gasteiger partial charge in [0.2, 0.25) is 0 Å². The van der Waals surface area contributed by atoms with Gasteiger partial charge in [0.15, 0.2) is 0 Å². The number of para-hydroxylation sites is 1. The number of methoxy groups -OCH3 is 1. The van der Waals surface area contributed by atoms with Gasteiger partial charge in [0.05, 0.1) is 31.0 Å². The number of nitrogens with zero attached hydrogens (tertiary/aromatic N) is 2. The molecule has 0 unspecified atom stereocenters. The van der Waals surface area contributed by atoms with Gasteiger partial charge in [0, 0.05) is 41.2 Å². The van der Waals surface area contributed by atoms with Gasteiger partial charge < -0.3 is 20.5 Å². The van der Waals surface area contributed by atoms with Crippen LogP contribution in [0.2, 0.25) is 5.02 Å². The fraction of sp³-hybridized carbons (Fsp3) is 0.286. The molecule has 45 heavy (non-hydrogen) atoms. The van der Waals surface area contributed by atoms with Crippen molar-refractivity contribution in [3.8, 4) is 11.1 Å². The highest BCUT2D eigenvalue weighted by Gasteiger charge is 2.31. The number of aromatic nitrogens is 1. The first kappa shape index (κ1) is 32.7. The van der Waals surface area contributed by atoms with Crippen molar-refractivity contribution in [1.82, 2.24) is 10.3 Å². The van der Waals surface area contributed by atoms with Crippen LogP contribution in [0, 0.1) is 0 Å². The number of nitrogens with one attached hydrogen (secondary N) is 1. The number of imide groups is 1. The molecule has 4 aromatic rings. The maximum atomic E-state index is 13.8. The van der Waals surface area contributed by atoms with Crippen molar-refractivity contribution in [3.63, 3.8) is 0 Å². The molecule has 1 saturated heterocycles.